The minimum Gasteiger partial charge on any atom is -0.362 e. The summed E-state index contributed by atoms with van der Waals surface area (Å²) in [5.41, 5.74) is 3.43. The third-order valence-electron chi connectivity index (χ3n) is 7.07. The van der Waals surface area contributed by atoms with E-state index in [0.717, 1.165) is 65.9 Å². The molecule has 0 atom stereocenters. The number of hydrogen-bond acceptors (Lipinski definition) is 7. The minimum atomic E-state index is 0.437. The van der Waals surface area contributed by atoms with E-state index >= 15 is 0 Å². The SMILES string of the molecule is Cc1sc(-c2ccccc2)nc1CCNCC1CCC(Nc2nc(N(C)C)c3ccccc3n2)CC1. The van der Waals surface area contributed by atoms with E-state index < -0.39 is 0 Å². The lowest BCUT2D eigenvalue weighted by molar-refractivity contribution is 0.325. The molecule has 2 aromatic heterocycles. The lowest BCUT2D eigenvalue weighted by Crippen LogP contribution is -2.32. The lowest BCUT2D eigenvalue weighted by atomic mass is 9.86. The van der Waals surface area contributed by atoms with E-state index in [9.17, 15) is 0 Å². The topological polar surface area (TPSA) is 66.0 Å². The summed E-state index contributed by atoms with van der Waals surface area (Å²) in [5, 5.41) is 9.54. The zero-order valence-electron chi connectivity index (χ0n) is 21.5. The van der Waals surface area contributed by atoms with Crippen molar-refractivity contribution >= 4 is 34.0 Å². The summed E-state index contributed by atoms with van der Waals surface area (Å²) in [4.78, 5) is 17.9. The molecule has 2 N–H and O–H groups in total. The minimum absolute atomic E-state index is 0.437. The Bertz CT molecular complexity index is 1280. The number of para-hydroxylation sites is 1. The molecule has 36 heavy (non-hydrogen) atoms. The summed E-state index contributed by atoms with van der Waals surface area (Å²) < 4.78 is 0. The second-order valence-corrected chi connectivity index (χ2v) is 11.2. The number of hydrogen-bond donors (Lipinski definition) is 2. The van der Waals surface area contributed by atoms with Crippen LogP contribution >= 0.6 is 11.3 Å². The van der Waals surface area contributed by atoms with Gasteiger partial charge in [-0.15, -0.1) is 11.3 Å². The number of rotatable bonds is 9. The molecule has 2 aromatic carbocycles. The number of thiazole rings is 1. The molecule has 0 spiro atoms. The number of nitrogens with zero attached hydrogens (tertiary/aromatic N) is 4. The summed E-state index contributed by atoms with van der Waals surface area (Å²) in [7, 11) is 4.07. The first-order valence-electron chi connectivity index (χ1n) is 13.0. The molecule has 0 aliphatic heterocycles. The summed E-state index contributed by atoms with van der Waals surface area (Å²) in [6, 6.07) is 19.1. The van der Waals surface area contributed by atoms with Crippen LogP contribution in [-0.2, 0) is 6.42 Å². The fourth-order valence-electron chi connectivity index (χ4n) is 5.04. The molecule has 0 bridgehead atoms. The van der Waals surface area contributed by atoms with Crippen molar-refractivity contribution in [1.82, 2.24) is 20.3 Å². The van der Waals surface area contributed by atoms with E-state index in [0.29, 0.717) is 6.04 Å². The second-order valence-electron chi connectivity index (χ2n) is 9.99. The Balaban J connectivity index is 1.08. The molecule has 5 rings (SSSR count). The van der Waals surface area contributed by atoms with Gasteiger partial charge in [0.25, 0.3) is 0 Å². The van der Waals surface area contributed by atoms with Crippen LogP contribution in [0.1, 0.15) is 36.3 Å². The smallest absolute Gasteiger partial charge is 0.225 e. The van der Waals surface area contributed by atoms with Gasteiger partial charge in [-0.3, -0.25) is 0 Å². The van der Waals surface area contributed by atoms with Crippen molar-refractivity contribution in [1.29, 1.82) is 0 Å². The molecule has 2 heterocycles. The zero-order valence-corrected chi connectivity index (χ0v) is 22.3. The lowest BCUT2D eigenvalue weighted by Gasteiger charge is -2.29. The Morgan fingerprint density at radius 2 is 1.67 bits per heavy atom. The van der Waals surface area contributed by atoms with Crippen LogP contribution in [0.2, 0.25) is 0 Å². The van der Waals surface area contributed by atoms with Crippen LogP contribution in [0.3, 0.4) is 0 Å². The second kappa shape index (κ2) is 11.4. The number of benzene rings is 2. The number of aromatic nitrogens is 3. The maximum absolute atomic E-state index is 4.91. The van der Waals surface area contributed by atoms with E-state index in [1.807, 2.05) is 26.2 Å². The normalized spacial score (nSPS) is 17.9. The standard InChI is InChI=1S/C29H36N6S/c1-20-25(32-28(36-20)22-9-5-4-6-10-22)17-18-30-19-21-13-15-23(16-14-21)31-29-33-26-12-8-7-11-24(26)27(34-29)35(2)3/h4-12,21,23,30H,13-19H2,1-3H3,(H,31,33,34). The molecular formula is C29H36N6S. The number of nitrogens with one attached hydrogen (secondary N) is 2. The first kappa shape index (κ1) is 24.7. The van der Waals surface area contributed by atoms with Crippen LogP contribution in [0.4, 0.5) is 11.8 Å². The Labute approximate surface area is 218 Å². The molecule has 0 amide bonds. The molecule has 0 saturated heterocycles. The molecule has 6 nitrogen and oxygen atoms in total. The van der Waals surface area contributed by atoms with Crippen molar-refractivity contribution in [3.63, 3.8) is 0 Å². The van der Waals surface area contributed by atoms with Crippen LogP contribution in [-0.4, -0.2) is 48.2 Å². The van der Waals surface area contributed by atoms with Gasteiger partial charge in [-0.05, 0) is 57.2 Å². The van der Waals surface area contributed by atoms with E-state index in [4.69, 9.17) is 15.0 Å². The summed E-state index contributed by atoms with van der Waals surface area (Å²) in [6.07, 6.45) is 5.76. The molecular weight excluding hydrogens is 464 g/mol. The van der Waals surface area contributed by atoms with Crippen molar-refractivity contribution in [3.8, 4) is 10.6 Å². The van der Waals surface area contributed by atoms with Crippen molar-refractivity contribution in [3.05, 3.63) is 65.2 Å². The highest BCUT2D eigenvalue weighted by atomic mass is 32.1. The van der Waals surface area contributed by atoms with Gasteiger partial charge < -0.3 is 15.5 Å². The molecule has 4 aromatic rings. The van der Waals surface area contributed by atoms with E-state index in [2.05, 4.69) is 64.9 Å². The van der Waals surface area contributed by atoms with Crippen LogP contribution < -0.4 is 15.5 Å². The first-order valence-corrected chi connectivity index (χ1v) is 13.8. The van der Waals surface area contributed by atoms with Gasteiger partial charge in [0, 0.05) is 48.9 Å². The van der Waals surface area contributed by atoms with Gasteiger partial charge in [-0.1, -0.05) is 42.5 Å². The molecule has 0 unspecified atom stereocenters. The number of aryl methyl sites for hydroxylation is 1. The Morgan fingerprint density at radius 1 is 0.917 bits per heavy atom. The molecule has 1 aliphatic carbocycles. The number of fused-ring (bicyclic) bond motifs is 1. The monoisotopic (exact) mass is 500 g/mol. The summed E-state index contributed by atoms with van der Waals surface area (Å²) in [6.45, 7) is 4.25. The predicted molar refractivity (Wildman–Crippen MR) is 152 cm³/mol. The van der Waals surface area contributed by atoms with Gasteiger partial charge in [0.05, 0.1) is 11.2 Å². The maximum atomic E-state index is 4.91. The van der Waals surface area contributed by atoms with Crippen molar-refractivity contribution < 1.29 is 0 Å². The molecule has 1 aliphatic rings. The fraction of sp³-hybridized carbons (Fsp3) is 0.414. The fourth-order valence-corrected chi connectivity index (χ4v) is 6.00. The summed E-state index contributed by atoms with van der Waals surface area (Å²) >= 11 is 1.80. The Hall–Kier alpha value is -3.03. The van der Waals surface area contributed by atoms with E-state index in [1.54, 1.807) is 11.3 Å². The number of anilines is 2. The maximum Gasteiger partial charge on any atom is 0.225 e. The van der Waals surface area contributed by atoms with Gasteiger partial charge in [0.15, 0.2) is 0 Å². The van der Waals surface area contributed by atoms with Crippen molar-refractivity contribution in [2.45, 2.75) is 45.1 Å². The summed E-state index contributed by atoms with van der Waals surface area (Å²) in [5.74, 6) is 2.44. The Kier molecular flexibility index (Phi) is 7.78. The van der Waals surface area contributed by atoms with Crippen LogP contribution in [0.5, 0.6) is 0 Å². The third-order valence-corrected chi connectivity index (χ3v) is 8.13. The van der Waals surface area contributed by atoms with Crippen LogP contribution in [0.25, 0.3) is 21.5 Å². The average Bonchev–Trinajstić information content (AvgIpc) is 3.28. The van der Waals surface area contributed by atoms with Gasteiger partial charge in [-0.25, -0.2) is 9.97 Å². The largest absolute Gasteiger partial charge is 0.362 e. The quantitative estimate of drug-likeness (QED) is 0.278. The van der Waals surface area contributed by atoms with Crippen molar-refractivity contribution in [2.24, 2.45) is 5.92 Å². The molecule has 0 radical (unpaired) electrons. The molecule has 1 saturated carbocycles. The molecule has 7 heteroatoms. The zero-order chi connectivity index (χ0) is 24.9. The predicted octanol–water partition coefficient (Wildman–Crippen LogP) is 5.93. The molecule has 188 valence electrons. The average molecular weight is 501 g/mol. The van der Waals surface area contributed by atoms with Crippen LogP contribution in [0.15, 0.2) is 54.6 Å². The van der Waals surface area contributed by atoms with Gasteiger partial charge in [0.2, 0.25) is 5.95 Å². The van der Waals surface area contributed by atoms with Crippen molar-refractivity contribution in [2.75, 3.05) is 37.4 Å². The van der Waals surface area contributed by atoms with Gasteiger partial charge in [-0.2, -0.15) is 4.98 Å². The van der Waals surface area contributed by atoms with E-state index in [1.165, 1.54) is 29.0 Å². The molecule has 1 fully saturated rings. The first-order chi connectivity index (χ1) is 17.6. The van der Waals surface area contributed by atoms with E-state index in [-0.39, 0.29) is 0 Å². The third kappa shape index (κ3) is 5.85. The Morgan fingerprint density at radius 3 is 2.44 bits per heavy atom. The van der Waals surface area contributed by atoms with Crippen LogP contribution in [0, 0.1) is 12.8 Å². The highest BCUT2D eigenvalue weighted by molar-refractivity contribution is 7.15. The van der Waals surface area contributed by atoms with Gasteiger partial charge >= 0.3 is 0 Å². The highest BCUT2D eigenvalue weighted by Crippen LogP contribution is 2.29. The highest BCUT2D eigenvalue weighted by Gasteiger charge is 2.22. The van der Waals surface area contributed by atoms with Gasteiger partial charge in [0.1, 0.15) is 10.8 Å².